The van der Waals surface area contributed by atoms with Gasteiger partial charge in [0.2, 0.25) is 0 Å². The van der Waals surface area contributed by atoms with Gasteiger partial charge in [0, 0.05) is 25.9 Å². The number of piperidine rings is 1. The molecule has 20 heavy (non-hydrogen) atoms. The van der Waals surface area contributed by atoms with Crippen molar-refractivity contribution in [1.82, 2.24) is 9.88 Å². The summed E-state index contributed by atoms with van der Waals surface area (Å²) in [5.74, 6) is -0.107. The van der Waals surface area contributed by atoms with Gasteiger partial charge < -0.3 is 9.64 Å². The molecule has 1 unspecified atom stereocenters. The number of hydrogen-bond acceptors (Lipinski definition) is 3. The summed E-state index contributed by atoms with van der Waals surface area (Å²) in [7, 11) is 0. The van der Waals surface area contributed by atoms with E-state index >= 15 is 0 Å². The Hall–Kier alpha value is -0.840. The molecule has 0 radical (unpaired) electrons. The Morgan fingerprint density at radius 2 is 2.35 bits per heavy atom. The maximum atomic E-state index is 12.5. The average Bonchev–Trinajstić information content (AvgIpc) is 2.47. The first kappa shape index (κ1) is 15.5. The Kier molecular flexibility index (Phi) is 5.64. The highest BCUT2D eigenvalue weighted by Gasteiger charge is 2.26. The first-order valence-corrected chi connectivity index (χ1v) is 7.59. The Morgan fingerprint density at radius 3 is 3.10 bits per heavy atom. The summed E-state index contributed by atoms with van der Waals surface area (Å²) in [4.78, 5) is 18.1. The lowest BCUT2D eigenvalue weighted by atomic mass is 10.1. The van der Waals surface area contributed by atoms with Gasteiger partial charge in [-0.25, -0.2) is 4.98 Å². The van der Waals surface area contributed by atoms with E-state index in [1.807, 2.05) is 0 Å². The van der Waals surface area contributed by atoms with Gasteiger partial charge in [-0.05, 0) is 25.3 Å². The number of ether oxygens (including phenoxy) is 1. The van der Waals surface area contributed by atoms with Crippen LogP contribution in [0.5, 0.6) is 0 Å². The molecule has 0 spiro atoms. The molecule has 6 heteroatoms. The lowest BCUT2D eigenvalue weighted by Crippen LogP contribution is -2.43. The third-order valence-corrected chi connectivity index (χ3v) is 3.78. The Balaban J connectivity index is 2.06. The monoisotopic (exact) mass is 316 g/mol. The van der Waals surface area contributed by atoms with Crippen molar-refractivity contribution >= 4 is 29.1 Å². The van der Waals surface area contributed by atoms with E-state index in [2.05, 4.69) is 11.9 Å². The molecular formula is C14H18Cl2N2O2. The van der Waals surface area contributed by atoms with Crippen LogP contribution in [-0.4, -0.2) is 41.6 Å². The minimum Gasteiger partial charge on any atom is -0.376 e. The fraction of sp³-hybridized carbons (Fsp3) is 0.571. The highest BCUT2D eigenvalue weighted by molar-refractivity contribution is 6.35. The third kappa shape index (κ3) is 3.84. The van der Waals surface area contributed by atoms with Crippen molar-refractivity contribution in [3.8, 4) is 0 Å². The van der Waals surface area contributed by atoms with Crippen LogP contribution in [0.2, 0.25) is 10.2 Å². The van der Waals surface area contributed by atoms with Crippen LogP contribution in [0.4, 0.5) is 0 Å². The number of pyridine rings is 1. The van der Waals surface area contributed by atoms with E-state index in [-0.39, 0.29) is 17.2 Å². The summed E-state index contributed by atoms with van der Waals surface area (Å²) < 4.78 is 5.74. The summed E-state index contributed by atoms with van der Waals surface area (Å²) in [6.45, 7) is 4.13. The Bertz CT molecular complexity index is 482. The minimum absolute atomic E-state index is 0.107. The second kappa shape index (κ2) is 7.25. The zero-order valence-electron chi connectivity index (χ0n) is 11.4. The highest BCUT2D eigenvalue weighted by atomic mass is 35.5. The molecule has 1 aliphatic rings. The van der Waals surface area contributed by atoms with Crippen LogP contribution < -0.4 is 0 Å². The van der Waals surface area contributed by atoms with E-state index in [1.165, 1.54) is 12.3 Å². The molecule has 1 saturated heterocycles. The predicted molar refractivity (Wildman–Crippen MR) is 79.4 cm³/mol. The van der Waals surface area contributed by atoms with Gasteiger partial charge in [0.05, 0.1) is 16.7 Å². The second-order valence-electron chi connectivity index (χ2n) is 4.87. The second-order valence-corrected chi connectivity index (χ2v) is 5.67. The Morgan fingerprint density at radius 1 is 1.55 bits per heavy atom. The Labute approximate surface area is 129 Å². The zero-order valence-corrected chi connectivity index (χ0v) is 13.0. The fourth-order valence-electron chi connectivity index (χ4n) is 2.29. The SMILES string of the molecule is CCCOC1CCCN(C(=O)c2cc(Cl)ncc2Cl)C1. The van der Waals surface area contributed by atoms with Crippen LogP contribution >= 0.6 is 23.2 Å². The van der Waals surface area contributed by atoms with Gasteiger partial charge in [0.1, 0.15) is 5.15 Å². The van der Waals surface area contributed by atoms with Gasteiger partial charge in [0.25, 0.3) is 5.91 Å². The smallest absolute Gasteiger partial charge is 0.255 e. The van der Waals surface area contributed by atoms with Gasteiger partial charge in [-0.1, -0.05) is 30.1 Å². The van der Waals surface area contributed by atoms with Crippen LogP contribution in [0.3, 0.4) is 0 Å². The molecule has 2 rings (SSSR count). The third-order valence-electron chi connectivity index (χ3n) is 3.28. The molecule has 0 aromatic carbocycles. The molecule has 1 atom stereocenters. The molecule has 0 bridgehead atoms. The summed E-state index contributed by atoms with van der Waals surface area (Å²) in [6.07, 6.45) is 4.44. The minimum atomic E-state index is -0.107. The first-order valence-electron chi connectivity index (χ1n) is 6.83. The van der Waals surface area contributed by atoms with Crippen molar-refractivity contribution < 1.29 is 9.53 Å². The van der Waals surface area contributed by atoms with Crippen LogP contribution in [0.15, 0.2) is 12.3 Å². The zero-order chi connectivity index (χ0) is 14.5. The van der Waals surface area contributed by atoms with Crippen molar-refractivity contribution in [3.63, 3.8) is 0 Å². The molecule has 2 heterocycles. The number of nitrogens with zero attached hydrogens (tertiary/aromatic N) is 2. The van der Waals surface area contributed by atoms with Crippen LogP contribution in [0.1, 0.15) is 36.5 Å². The quantitative estimate of drug-likeness (QED) is 0.799. The van der Waals surface area contributed by atoms with E-state index in [4.69, 9.17) is 27.9 Å². The maximum Gasteiger partial charge on any atom is 0.255 e. The van der Waals surface area contributed by atoms with Crippen molar-refractivity contribution in [2.45, 2.75) is 32.3 Å². The van der Waals surface area contributed by atoms with Crippen molar-refractivity contribution in [2.24, 2.45) is 0 Å². The summed E-state index contributed by atoms with van der Waals surface area (Å²) in [5, 5.41) is 0.601. The van der Waals surface area contributed by atoms with Crippen LogP contribution in [0, 0.1) is 0 Å². The van der Waals surface area contributed by atoms with Crippen LogP contribution in [0.25, 0.3) is 0 Å². The van der Waals surface area contributed by atoms with Crippen molar-refractivity contribution in [1.29, 1.82) is 0 Å². The number of likely N-dealkylation sites (tertiary alicyclic amines) is 1. The molecule has 4 nitrogen and oxygen atoms in total. The van der Waals surface area contributed by atoms with Crippen LogP contribution in [-0.2, 0) is 4.74 Å². The molecule has 0 N–H and O–H groups in total. The van der Waals surface area contributed by atoms with E-state index < -0.39 is 0 Å². The van der Waals surface area contributed by atoms with Gasteiger partial charge in [0.15, 0.2) is 0 Å². The maximum absolute atomic E-state index is 12.5. The normalized spacial score (nSPS) is 19.1. The van der Waals surface area contributed by atoms with Crippen molar-refractivity contribution in [2.75, 3.05) is 19.7 Å². The van der Waals surface area contributed by atoms with Gasteiger partial charge in [-0.3, -0.25) is 4.79 Å². The number of rotatable bonds is 4. The highest BCUT2D eigenvalue weighted by Crippen LogP contribution is 2.22. The van der Waals surface area contributed by atoms with Crippen molar-refractivity contribution in [3.05, 3.63) is 28.0 Å². The fourth-order valence-corrected chi connectivity index (χ4v) is 2.63. The van der Waals surface area contributed by atoms with Gasteiger partial charge in [-0.2, -0.15) is 0 Å². The molecule has 110 valence electrons. The number of halogens is 2. The molecule has 0 aliphatic carbocycles. The topological polar surface area (TPSA) is 42.4 Å². The van der Waals surface area contributed by atoms with Gasteiger partial charge >= 0.3 is 0 Å². The predicted octanol–water partition coefficient (Wildman–Crippen LogP) is 3.42. The average molecular weight is 317 g/mol. The summed E-state index contributed by atoms with van der Waals surface area (Å²) >= 11 is 11.9. The number of carbonyl (C=O) groups excluding carboxylic acids is 1. The molecular weight excluding hydrogens is 299 g/mol. The summed E-state index contributed by atoms with van der Waals surface area (Å²) in [5.41, 5.74) is 0.405. The standard InChI is InChI=1S/C14H18Cl2N2O2/c1-2-6-20-10-4-3-5-18(9-10)14(19)11-7-13(16)17-8-12(11)15/h7-8,10H,2-6,9H2,1H3. The van der Waals surface area contributed by atoms with E-state index in [0.29, 0.717) is 17.1 Å². The van der Waals surface area contributed by atoms with Gasteiger partial charge in [-0.15, -0.1) is 0 Å². The molecule has 1 amide bonds. The van der Waals surface area contributed by atoms with E-state index in [0.717, 1.165) is 32.4 Å². The first-order chi connectivity index (χ1) is 9.61. The van der Waals surface area contributed by atoms with E-state index in [1.54, 1.807) is 4.90 Å². The molecule has 1 aromatic heterocycles. The number of hydrogen-bond donors (Lipinski definition) is 0. The molecule has 1 aliphatic heterocycles. The van der Waals surface area contributed by atoms with E-state index in [9.17, 15) is 4.79 Å². The number of carbonyl (C=O) groups is 1. The largest absolute Gasteiger partial charge is 0.376 e. The lowest BCUT2D eigenvalue weighted by molar-refractivity contribution is 0.00211. The number of aromatic nitrogens is 1. The number of amides is 1. The lowest BCUT2D eigenvalue weighted by Gasteiger charge is -2.32. The summed E-state index contributed by atoms with van der Waals surface area (Å²) in [6, 6.07) is 1.52. The molecule has 1 aromatic rings. The molecule has 0 saturated carbocycles. The molecule has 1 fully saturated rings.